The molecule has 1 aromatic rings. The van der Waals surface area contributed by atoms with E-state index in [0.29, 0.717) is 24.9 Å². The zero-order chi connectivity index (χ0) is 31.9. The van der Waals surface area contributed by atoms with Gasteiger partial charge in [0.25, 0.3) is 11.9 Å². The molecule has 2 aliphatic carbocycles. The van der Waals surface area contributed by atoms with Crippen LogP contribution >= 0.6 is 0 Å². The van der Waals surface area contributed by atoms with Gasteiger partial charge in [0.05, 0.1) is 12.7 Å². The van der Waals surface area contributed by atoms with E-state index in [2.05, 4.69) is 39.8 Å². The van der Waals surface area contributed by atoms with E-state index >= 15 is 0 Å². The SMILES string of the molecule is CO[C@](C(=O)O[C@@H]1OC(=O)C=C1[C@H]1CC=C(CC[C@]2(C)[C@H]3CCC=C(C)[C@]3(C)CC[C@@H]2C)CO1)(c1ccccc1)C(F)(F)F. The molecule has 0 amide bonds. The first kappa shape index (κ1) is 32.5. The number of ether oxygens (including phenoxy) is 4. The second-order valence-electron chi connectivity index (χ2n) is 13.3. The molecule has 0 aromatic heterocycles. The van der Waals surface area contributed by atoms with Gasteiger partial charge in [-0.05, 0) is 80.1 Å². The number of methoxy groups -OCH3 is 1. The van der Waals surface area contributed by atoms with Crippen molar-refractivity contribution in [2.75, 3.05) is 13.7 Å². The van der Waals surface area contributed by atoms with Crippen LogP contribution in [0.3, 0.4) is 0 Å². The third kappa shape index (κ3) is 5.55. The molecule has 1 saturated carbocycles. The smallest absolute Gasteiger partial charge is 0.418 e. The van der Waals surface area contributed by atoms with Gasteiger partial charge in [0, 0.05) is 24.3 Å². The number of carbonyl (C=O) groups excluding carboxylic acids is 2. The number of allylic oxidation sites excluding steroid dienone is 2. The first-order valence-corrected chi connectivity index (χ1v) is 15.5. The maximum atomic E-state index is 14.4. The van der Waals surface area contributed by atoms with Crippen molar-refractivity contribution in [3.05, 3.63) is 70.8 Å². The Kier molecular flexibility index (Phi) is 8.95. The Balaban J connectivity index is 1.27. The van der Waals surface area contributed by atoms with Gasteiger partial charge in [-0.2, -0.15) is 13.2 Å². The average molecular weight is 617 g/mol. The Labute approximate surface area is 257 Å². The van der Waals surface area contributed by atoms with Gasteiger partial charge in [-0.3, -0.25) is 0 Å². The Morgan fingerprint density at radius 2 is 1.84 bits per heavy atom. The van der Waals surface area contributed by atoms with Crippen molar-refractivity contribution in [1.82, 2.24) is 0 Å². The van der Waals surface area contributed by atoms with E-state index in [1.807, 2.05) is 0 Å². The second-order valence-corrected chi connectivity index (χ2v) is 13.3. The molecule has 0 saturated heterocycles. The fourth-order valence-corrected chi connectivity index (χ4v) is 8.09. The molecule has 1 fully saturated rings. The van der Waals surface area contributed by atoms with Gasteiger partial charge in [0.2, 0.25) is 0 Å². The molecule has 7 atom stereocenters. The van der Waals surface area contributed by atoms with Crippen molar-refractivity contribution in [2.45, 2.75) is 96.8 Å². The van der Waals surface area contributed by atoms with Crippen molar-refractivity contribution >= 4 is 11.9 Å². The normalized spacial score (nSPS) is 33.7. The summed E-state index contributed by atoms with van der Waals surface area (Å²) in [6.45, 7) is 9.88. The van der Waals surface area contributed by atoms with E-state index in [1.165, 1.54) is 43.0 Å². The predicted molar refractivity (Wildman–Crippen MR) is 158 cm³/mol. The molecule has 240 valence electrons. The number of halogens is 3. The van der Waals surface area contributed by atoms with E-state index in [4.69, 9.17) is 18.9 Å². The van der Waals surface area contributed by atoms with E-state index in [0.717, 1.165) is 50.2 Å². The molecule has 5 rings (SSSR count). The zero-order valence-electron chi connectivity index (χ0n) is 26.2. The highest BCUT2D eigenvalue weighted by Gasteiger charge is 2.65. The van der Waals surface area contributed by atoms with Crippen molar-refractivity contribution < 1.29 is 41.7 Å². The van der Waals surface area contributed by atoms with Gasteiger partial charge in [-0.15, -0.1) is 0 Å². The summed E-state index contributed by atoms with van der Waals surface area (Å²) in [5.41, 5.74) is -0.562. The lowest BCUT2D eigenvalue weighted by molar-refractivity contribution is -0.281. The van der Waals surface area contributed by atoms with E-state index in [9.17, 15) is 22.8 Å². The third-order valence-corrected chi connectivity index (χ3v) is 11.2. The summed E-state index contributed by atoms with van der Waals surface area (Å²) in [5.74, 6) is -1.31. The molecule has 0 N–H and O–H groups in total. The maximum Gasteiger partial charge on any atom is 0.432 e. The quantitative estimate of drug-likeness (QED) is 0.220. The van der Waals surface area contributed by atoms with Crippen LogP contribution in [-0.2, 0) is 34.1 Å². The topological polar surface area (TPSA) is 71.1 Å². The number of carbonyl (C=O) groups is 2. The molecule has 2 aliphatic heterocycles. The van der Waals surface area contributed by atoms with Crippen LogP contribution in [0.5, 0.6) is 0 Å². The minimum absolute atomic E-state index is 0.173. The largest absolute Gasteiger partial charge is 0.432 e. The van der Waals surface area contributed by atoms with E-state index in [1.54, 1.807) is 0 Å². The molecule has 44 heavy (non-hydrogen) atoms. The van der Waals surface area contributed by atoms with Gasteiger partial charge in [0.1, 0.15) is 0 Å². The number of alkyl halides is 3. The molecule has 4 aliphatic rings. The number of hydrogen-bond donors (Lipinski definition) is 0. The Hall–Kier alpha value is -2.91. The van der Waals surface area contributed by atoms with Crippen molar-refractivity contribution in [3.8, 4) is 0 Å². The van der Waals surface area contributed by atoms with Crippen LogP contribution in [0.15, 0.2) is 65.3 Å². The van der Waals surface area contributed by atoms with Gasteiger partial charge >= 0.3 is 18.1 Å². The standard InChI is InChI=1S/C35H43F3O6/c1-22-10-9-13-28-32(22,3)18-16-23(2)33(28,4)19-17-24-14-15-27(42-21-24)26-20-29(39)43-30(26)44-31(40)34(41-5,35(36,37)38)25-11-7-6-8-12-25/h6-8,10-12,14,20,23,27-28,30H,9,13,15-19,21H2,1-5H3/t23-,27+,28-,30-,32-,33-,34-/m0/s1. The van der Waals surface area contributed by atoms with E-state index in [-0.39, 0.29) is 16.4 Å². The molecule has 6 nitrogen and oxygen atoms in total. The van der Waals surface area contributed by atoms with Gasteiger partial charge < -0.3 is 18.9 Å². The number of cyclic esters (lactones) is 1. The van der Waals surface area contributed by atoms with Crippen molar-refractivity contribution in [3.63, 3.8) is 0 Å². The van der Waals surface area contributed by atoms with Gasteiger partial charge in [-0.1, -0.05) is 68.8 Å². The van der Waals surface area contributed by atoms with Crippen molar-refractivity contribution in [1.29, 1.82) is 0 Å². The first-order chi connectivity index (χ1) is 20.8. The fourth-order valence-electron chi connectivity index (χ4n) is 8.09. The summed E-state index contributed by atoms with van der Waals surface area (Å²) in [6.07, 6.45) is 5.23. The Morgan fingerprint density at radius 3 is 2.48 bits per heavy atom. The molecule has 1 aromatic carbocycles. The number of benzene rings is 1. The number of rotatable bonds is 8. The monoisotopic (exact) mass is 616 g/mol. The minimum Gasteiger partial charge on any atom is -0.418 e. The van der Waals surface area contributed by atoms with Crippen LogP contribution in [0.2, 0.25) is 0 Å². The number of esters is 2. The van der Waals surface area contributed by atoms with Crippen LogP contribution in [-0.4, -0.2) is 44.2 Å². The average Bonchev–Trinajstić information content (AvgIpc) is 3.35. The Morgan fingerprint density at radius 1 is 1.11 bits per heavy atom. The van der Waals surface area contributed by atoms with Crippen LogP contribution in [0, 0.1) is 22.7 Å². The molecular formula is C35H43F3O6. The highest BCUT2D eigenvalue weighted by atomic mass is 19.4. The molecule has 0 spiro atoms. The summed E-state index contributed by atoms with van der Waals surface area (Å²) >= 11 is 0. The van der Waals surface area contributed by atoms with Crippen LogP contribution < -0.4 is 0 Å². The van der Waals surface area contributed by atoms with Crippen LogP contribution in [0.4, 0.5) is 13.2 Å². The third-order valence-electron chi connectivity index (χ3n) is 11.2. The number of fused-ring (bicyclic) bond motifs is 1. The van der Waals surface area contributed by atoms with Gasteiger partial charge in [-0.25, -0.2) is 9.59 Å². The summed E-state index contributed by atoms with van der Waals surface area (Å²) in [5, 5.41) is 0. The maximum absolute atomic E-state index is 14.4. The molecule has 2 heterocycles. The lowest BCUT2D eigenvalue weighted by Gasteiger charge is -2.58. The summed E-state index contributed by atoms with van der Waals surface area (Å²) < 4.78 is 64.4. The fraction of sp³-hybridized carbons (Fsp3) is 0.600. The summed E-state index contributed by atoms with van der Waals surface area (Å²) in [7, 11) is 0.789. The highest BCUT2D eigenvalue weighted by molar-refractivity contribution is 5.87. The van der Waals surface area contributed by atoms with Crippen LogP contribution in [0.1, 0.15) is 78.2 Å². The lowest BCUT2D eigenvalue weighted by atomic mass is 9.47. The predicted octanol–water partition coefficient (Wildman–Crippen LogP) is 7.74. The summed E-state index contributed by atoms with van der Waals surface area (Å²) in [4.78, 5) is 25.4. The van der Waals surface area contributed by atoms with Crippen LogP contribution in [0.25, 0.3) is 0 Å². The molecule has 0 radical (unpaired) electrons. The second kappa shape index (κ2) is 12.1. The van der Waals surface area contributed by atoms with Crippen molar-refractivity contribution in [2.24, 2.45) is 22.7 Å². The molecule has 0 bridgehead atoms. The minimum atomic E-state index is -5.15. The molecule has 9 heteroatoms. The first-order valence-electron chi connectivity index (χ1n) is 15.5. The molecule has 0 unspecified atom stereocenters. The zero-order valence-corrected chi connectivity index (χ0v) is 26.2. The summed E-state index contributed by atoms with van der Waals surface area (Å²) in [6, 6.07) is 6.52. The van der Waals surface area contributed by atoms with Gasteiger partial charge in [0.15, 0.2) is 0 Å². The Bertz CT molecular complexity index is 1350. The van der Waals surface area contributed by atoms with E-state index < -0.39 is 41.7 Å². The molecular weight excluding hydrogens is 573 g/mol. The lowest BCUT2D eigenvalue weighted by Crippen LogP contribution is -2.52. The highest BCUT2D eigenvalue weighted by Crippen LogP contribution is 2.62. The number of hydrogen-bond acceptors (Lipinski definition) is 6.